The van der Waals surface area contributed by atoms with Gasteiger partial charge >= 0.3 is 0 Å². The molecule has 0 radical (unpaired) electrons. The molecule has 1 saturated heterocycles. The van der Waals surface area contributed by atoms with E-state index in [1.165, 1.54) is 11.3 Å². The molecule has 0 spiro atoms. The van der Waals surface area contributed by atoms with Crippen molar-refractivity contribution in [3.8, 4) is 5.75 Å². The van der Waals surface area contributed by atoms with Crippen LogP contribution in [0.4, 0.5) is 5.13 Å². The van der Waals surface area contributed by atoms with E-state index in [1.54, 1.807) is 13.3 Å². The maximum absolute atomic E-state index is 12.8. The van der Waals surface area contributed by atoms with E-state index in [9.17, 15) is 9.59 Å². The van der Waals surface area contributed by atoms with Crippen molar-refractivity contribution in [1.82, 2.24) is 9.88 Å². The Kier molecular flexibility index (Phi) is 5.88. The maximum Gasteiger partial charge on any atom is 0.232 e. The van der Waals surface area contributed by atoms with Gasteiger partial charge < -0.3 is 15.0 Å². The van der Waals surface area contributed by atoms with Gasteiger partial charge in [-0.2, -0.15) is 0 Å². The lowest BCUT2D eigenvalue weighted by molar-refractivity contribution is -0.129. The number of hydrogen-bond donors (Lipinski definition) is 1. The number of nitrogens with zero attached hydrogens (tertiary/aromatic N) is 2. The normalized spacial score (nSPS) is 19.6. The largest absolute Gasteiger partial charge is 0.497 e. The Hall–Kier alpha value is -2.41. The lowest BCUT2D eigenvalue weighted by atomic mass is 9.92. The molecule has 2 amide bonds. The average molecular weight is 373 g/mol. The smallest absolute Gasteiger partial charge is 0.232 e. The zero-order valence-corrected chi connectivity index (χ0v) is 15.8. The summed E-state index contributed by atoms with van der Waals surface area (Å²) in [5.41, 5.74) is 0.951. The Labute approximate surface area is 157 Å². The summed E-state index contributed by atoms with van der Waals surface area (Å²) in [6.07, 6.45) is 3.78. The van der Waals surface area contributed by atoms with E-state index >= 15 is 0 Å². The molecule has 1 aliphatic heterocycles. The summed E-state index contributed by atoms with van der Waals surface area (Å²) >= 11 is 1.37. The maximum atomic E-state index is 12.8. The third-order valence-electron chi connectivity index (χ3n) is 4.64. The summed E-state index contributed by atoms with van der Waals surface area (Å²) in [5.74, 6) is 0.185. The number of benzene rings is 1. The molecule has 6 nitrogen and oxygen atoms in total. The highest BCUT2D eigenvalue weighted by atomic mass is 32.1. The number of nitrogens with one attached hydrogen (secondary N) is 1. The summed E-state index contributed by atoms with van der Waals surface area (Å²) in [6.45, 7) is 2.75. The number of anilines is 1. The molecule has 3 rings (SSSR count). The Morgan fingerprint density at radius 1 is 1.38 bits per heavy atom. The first-order valence-electron chi connectivity index (χ1n) is 8.77. The molecule has 1 N–H and O–H groups in total. The topological polar surface area (TPSA) is 71.5 Å². The highest BCUT2D eigenvalue weighted by Crippen LogP contribution is 2.39. The summed E-state index contributed by atoms with van der Waals surface area (Å²) in [4.78, 5) is 31.4. The quantitative estimate of drug-likeness (QED) is 0.806. The second-order valence-electron chi connectivity index (χ2n) is 6.30. The number of rotatable bonds is 7. The van der Waals surface area contributed by atoms with Gasteiger partial charge in [0.1, 0.15) is 5.75 Å². The Morgan fingerprint density at radius 3 is 2.77 bits per heavy atom. The molecule has 2 atom stereocenters. The summed E-state index contributed by atoms with van der Waals surface area (Å²) < 4.78 is 5.22. The number of likely N-dealkylation sites (tertiary alicyclic amines) is 1. The van der Waals surface area contributed by atoms with Crippen LogP contribution >= 0.6 is 11.3 Å². The van der Waals surface area contributed by atoms with Gasteiger partial charge in [-0.25, -0.2) is 4.98 Å². The molecule has 26 heavy (non-hydrogen) atoms. The standard InChI is InChI=1S/C19H23N3O3S/c1-3-4-10-22-16(23)12-15(18(24)21-19-20-9-11-26-19)17(22)13-5-7-14(25-2)8-6-13/h5-9,11,15,17H,3-4,10,12H2,1-2H3,(H,20,21,24)/t15-,17-/m1/s1. The molecule has 0 aliphatic carbocycles. The number of carbonyl (C=O) groups is 2. The molecule has 0 bridgehead atoms. The molecule has 1 aromatic heterocycles. The highest BCUT2D eigenvalue weighted by molar-refractivity contribution is 7.13. The fraction of sp³-hybridized carbons (Fsp3) is 0.421. The SMILES string of the molecule is CCCCN1C(=O)C[C@@H](C(=O)Nc2nccs2)[C@H]1c1ccc(OC)cc1. The molecule has 7 heteroatoms. The number of aromatic nitrogens is 1. The van der Waals surface area contributed by atoms with Crippen LogP contribution in [0.5, 0.6) is 5.75 Å². The molecule has 0 unspecified atom stereocenters. The third kappa shape index (κ3) is 3.88. The second-order valence-corrected chi connectivity index (χ2v) is 7.19. The number of carbonyl (C=O) groups excluding carboxylic acids is 2. The predicted molar refractivity (Wildman–Crippen MR) is 101 cm³/mol. The minimum Gasteiger partial charge on any atom is -0.497 e. The lowest BCUT2D eigenvalue weighted by Gasteiger charge is -2.28. The zero-order chi connectivity index (χ0) is 18.5. The van der Waals surface area contributed by atoms with Gasteiger partial charge in [0.15, 0.2) is 5.13 Å². The van der Waals surface area contributed by atoms with Crippen LogP contribution in [0.1, 0.15) is 37.8 Å². The van der Waals surface area contributed by atoms with Gasteiger partial charge in [0.25, 0.3) is 0 Å². The van der Waals surface area contributed by atoms with Gasteiger partial charge in [-0.05, 0) is 24.1 Å². The van der Waals surface area contributed by atoms with Crippen LogP contribution in [-0.2, 0) is 9.59 Å². The predicted octanol–water partition coefficient (Wildman–Crippen LogP) is 3.48. The molecule has 1 aromatic carbocycles. The van der Waals surface area contributed by atoms with Crippen molar-refractivity contribution in [2.75, 3.05) is 19.0 Å². The second kappa shape index (κ2) is 8.31. The number of thiazole rings is 1. The first-order valence-corrected chi connectivity index (χ1v) is 9.65. The molecular formula is C19H23N3O3S. The number of ether oxygens (including phenoxy) is 1. The van der Waals surface area contributed by atoms with E-state index in [4.69, 9.17) is 4.74 Å². The van der Waals surface area contributed by atoms with Gasteiger partial charge in [-0.1, -0.05) is 25.5 Å². The van der Waals surface area contributed by atoms with Crippen molar-refractivity contribution in [3.05, 3.63) is 41.4 Å². The van der Waals surface area contributed by atoms with Crippen molar-refractivity contribution < 1.29 is 14.3 Å². The van der Waals surface area contributed by atoms with E-state index in [0.717, 1.165) is 24.2 Å². The Bertz CT molecular complexity index is 746. The average Bonchev–Trinajstić information content (AvgIpc) is 3.27. The van der Waals surface area contributed by atoms with Crippen molar-refractivity contribution in [3.63, 3.8) is 0 Å². The molecule has 138 valence electrons. The van der Waals surface area contributed by atoms with Crippen LogP contribution in [0.2, 0.25) is 0 Å². The third-order valence-corrected chi connectivity index (χ3v) is 5.33. The first-order chi connectivity index (χ1) is 12.6. The van der Waals surface area contributed by atoms with Crippen molar-refractivity contribution in [2.45, 2.75) is 32.2 Å². The molecule has 0 saturated carbocycles. The molecular weight excluding hydrogens is 350 g/mol. The lowest BCUT2D eigenvalue weighted by Crippen LogP contribution is -2.33. The number of amides is 2. The van der Waals surface area contributed by atoms with Crippen LogP contribution in [0, 0.1) is 5.92 Å². The molecule has 2 heterocycles. The fourth-order valence-corrected chi connectivity index (χ4v) is 3.85. The zero-order valence-electron chi connectivity index (χ0n) is 15.0. The van der Waals surface area contributed by atoms with E-state index in [1.807, 2.05) is 34.5 Å². The monoisotopic (exact) mass is 373 g/mol. The number of hydrogen-bond acceptors (Lipinski definition) is 5. The summed E-state index contributed by atoms with van der Waals surface area (Å²) in [7, 11) is 1.62. The van der Waals surface area contributed by atoms with E-state index < -0.39 is 5.92 Å². The van der Waals surface area contributed by atoms with Crippen LogP contribution in [-0.4, -0.2) is 35.4 Å². The number of unbranched alkanes of at least 4 members (excludes halogenated alkanes) is 1. The van der Waals surface area contributed by atoms with E-state index in [2.05, 4.69) is 17.2 Å². The summed E-state index contributed by atoms with van der Waals surface area (Å²) in [5, 5.41) is 5.22. The van der Waals surface area contributed by atoms with Gasteiger partial charge in [0.2, 0.25) is 11.8 Å². The minimum absolute atomic E-state index is 0.0264. The van der Waals surface area contributed by atoms with Crippen molar-refractivity contribution in [1.29, 1.82) is 0 Å². The summed E-state index contributed by atoms with van der Waals surface area (Å²) in [6, 6.07) is 7.34. The van der Waals surface area contributed by atoms with Gasteiger partial charge in [0.05, 0.1) is 19.1 Å². The van der Waals surface area contributed by atoms with Gasteiger partial charge in [-0.3, -0.25) is 9.59 Å². The first kappa shape index (κ1) is 18.4. The number of methoxy groups -OCH3 is 1. The Balaban J connectivity index is 1.87. The Morgan fingerprint density at radius 2 is 2.15 bits per heavy atom. The van der Waals surface area contributed by atoms with Crippen molar-refractivity contribution in [2.24, 2.45) is 5.92 Å². The van der Waals surface area contributed by atoms with Crippen LogP contribution in [0.3, 0.4) is 0 Å². The molecule has 1 fully saturated rings. The van der Waals surface area contributed by atoms with Crippen molar-refractivity contribution >= 4 is 28.3 Å². The van der Waals surface area contributed by atoms with Gasteiger partial charge in [0, 0.05) is 24.5 Å². The highest BCUT2D eigenvalue weighted by Gasteiger charge is 2.44. The molecule has 2 aromatic rings. The van der Waals surface area contributed by atoms with Crippen LogP contribution in [0.25, 0.3) is 0 Å². The van der Waals surface area contributed by atoms with Crippen LogP contribution in [0.15, 0.2) is 35.8 Å². The van der Waals surface area contributed by atoms with Crippen LogP contribution < -0.4 is 10.1 Å². The van der Waals surface area contributed by atoms with E-state index in [0.29, 0.717) is 11.7 Å². The fourth-order valence-electron chi connectivity index (χ4n) is 3.31. The van der Waals surface area contributed by atoms with E-state index in [-0.39, 0.29) is 24.3 Å². The minimum atomic E-state index is -0.434. The molecule has 1 aliphatic rings. The van der Waals surface area contributed by atoms with Gasteiger partial charge in [-0.15, -0.1) is 11.3 Å².